The average Bonchev–Trinajstić information content (AvgIpc) is 3.18. The minimum absolute atomic E-state index is 0.0365. The number of phenols is 3. The smallest absolute Gasteiger partial charge is 0.335 e. The molecule has 3 aromatic carbocycles. The van der Waals surface area contributed by atoms with Crippen LogP contribution in [0.2, 0.25) is 0 Å². The molecule has 4 aromatic rings. The highest BCUT2D eigenvalue weighted by molar-refractivity contribution is 5.95. The summed E-state index contributed by atoms with van der Waals surface area (Å²) in [6, 6.07) is 14.5. The Hall–Kier alpha value is -5.98. The van der Waals surface area contributed by atoms with Gasteiger partial charge in [0.05, 0.1) is 6.54 Å². The molecular formula is C40H42N4O13. The molecule has 0 amide bonds. The molecule has 8 atom stereocenters. The number of nitrogens with zero attached hydrogens (tertiary/aromatic N) is 1. The molecule has 2 fully saturated rings. The fourth-order valence-electron chi connectivity index (χ4n) is 8.68. The predicted molar refractivity (Wildman–Crippen MR) is 204 cm³/mol. The van der Waals surface area contributed by atoms with Gasteiger partial charge < -0.3 is 71.2 Å². The summed E-state index contributed by atoms with van der Waals surface area (Å²) in [6.07, 6.45) is -3.62. The van der Waals surface area contributed by atoms with Crippen LogP contribution in [-0.4, -0.2) is 104 Å². The second-order valence-electron chi connectivity index (χ2n) is 14.7. The third-order valence-corrected chi connectivity index (χ3v) is 11.3. The van der Waals surface area contributed by atoms with E-state index in [9.17, 15) is 50.1 Å². The number of aliphatic hydroxyl groups is 3. The molecule has 1 aromatic heterocycles. The molecule has 8 unspecified atom stereocenters. The second-order valence-corrected chi connectivity index (χ2v) is 14.7. The van der Waals surface area contributed by atoms with Crippen molar-refractivity contribution in [2.75, 3.05) is 20.1 Å². The lowest BCUT2D eigenvalue weighted by atomic mass is 9.55. The fraction of sp³-hybridized carbons (Fsp3) is 0.350. The zero-order valence-electron chi connectivity index (χ0n) is 30.5. The maximum Gasteiger partial charge on any atom is 0.335 e. The van der Waals surface area contributed by atoms with Crippen LogP contribution in [0.15, 0.2) is 68.8 Å². The highest BCUT2D eigenvalue weighted by Gasteiger charge is 2.58. The van der Waals surface area contributed by atoms with Crippen LogP contribution in [0.25, 0.3) is 33.9 Å². The topological polar surface area (TPSA) is 301 Å². The zero-order valence-corrected chi connectivity index (χ0v) is 30.5. The van der Waals surface area contributed by atoms with Crippen LogP contribution in [0.1, 0.15) is 41.9 Å². The van der Waals surface area contributed by atoms with Crippen molar-refractivity contribution in [3.63, 3.8) is 0 Å². The number of hydrogen-bond acceptors (Lipinski definition) is 14. The summed E-state index contributed by atoms with van der Waals surface area (Å²) < 4.78 is 17.1. The maximum absolute atomic E-state index is 13.7. The molecule has 0 bridgehead atoms. The van der Waals surface area contributed by atoms with Crippen LogP contribution < -0.4 is 26.9 Å². The Morgan fingerprint density at radius 3 is 2.51 bits per heavy atom. The number of hydrogen-bond donors (Lipinski definition) is 10. The van der Waals surface area contributed by atoms with Gasteiger partial charge in [-0.3, -0.25) is 9.79 Å². The van der Waals surface area contributed by atoms with Gasteiger partial charge in [0.2, 0.25) is 12.0 Å². The van der Waals surface area contributed by atoms with Crippen molar-refractivity contribution in [3.8, 4) is 34.3 Å². The molecule has 300 valence electrons. The molecule has 1 aliphatic heterocycles. The van der Waals surface area contributed by atoms with Gasteiger partial charge in [-0.1, -0.05) is 36.8 Å². The van der Waals surface area contributed by atoms with E-state index in [-0.39, 0.29) is 28.9 Å². The summed E-state index contributed by atoms with van der Waals surface area (Å²) in [5, 5.41) is 78.3. The van der Waals surface area contributed by atoms with E-state index in [1.54, 1.807) is 13.1 Å². The Bertz CT molecular complexity index is 2370. The van der Waals surface area contributed by atoms with Crippen molar-refractivity contribution >= 4 is 40.8 Å². The fourth-order valence-corrected chi connectivity index (χ4v) is 8.68. The van der Waals surface area contributed by atoms with Gasteiger partial charge in [-0.05, 0) is 66.3 Å². The van der Waals surface area contributed by atoms with Crippen LogP contribution in [-0.2, 0) is 14.3 Å². The van der Waals surface area contributed by atoms with E-state index in [1.807, 2.05) is 24.3 Å². The number of allylic oxidation sites excluding steroid dienone is 1. The van der Waals surface area contributed by atoms with Crippen molar-refractivity contribution in [2.45, 2.75) is 55.4 Å². The van der Waals surface area contributed by atoms with Gasteiger partial charge in [0.15, 0.2) is 29.0 Å². The number of phenolic OH excluding ortho intramolecular Hbond substituents is 3. The normalized spacial score (nSPS) is 28.1. The molecule has 1 saturated carbocycles. The average molecular weight is 787 g/mol. The lowest BCUT2D eigenvalue weighted by Gasteiger charge is -2.49. The van der Waals surface area contributed by atoms with Gasteiger partial charge in [-0.15, -0.1) is 0 Å². The molecule has 2 aliphatic carbocycles. The molecule has 2 heterocycles. The summed E-state index contributed by atoms with van der Waals surface area (Å²) in [4.78, 5) is 42.4. The molecule has 3 aliphatic rings. The SMILES string of the molecule is CNCC1(C=O)CCCC2c3ccccc3C=C(c3cc(O)ccc3-c3cc(=O)c4c(O)c(O)c(OC5OC(C(=O)O)C(O)C(O)(CN=C(N)N)C5O)cc4o3)C21. The number of carbonyl (C=O) groups excluding carboxylic acids is 1. The monoisotopic (exact) mass is 786 g/mol. The Kier molecular flexibility index (Phi) is 10.2. The number of nitrogens with one attached hydrogen (secondary N) is 1. The number of benzene rings is 3. The van der Waals surface area contributed by atoms with Crippen molar-refractivity contribution < 1.29 is 59.2 Å². The number of guanidine groups is 1. The molecule has 1 saturated heterocycles. The number of fused-ring (bicyclic) bond motifs is 4. The number of ether oxygens (including phenoxy) is 2. The summed E-state index contributed by atoms with van der Waals surface area (Å²) in [7, 11) is 1.78. The number of carboxylic acid groups (broad SMARTS) is 1. The van der Waals surface area contributed by atoms with E-state index in [2.05, 4.69) is 16.4 Å². The van der Waals surface area contributed by atoms with Gasteiger partial charge >= 0.3 is 5.97 Å². The maximum atomic E-state index is 13.7. The quantitative estimate of drug-likeness (QED) is 0.0469. The van der Waals surface area contributed by atoms with Gasteiger partial charge in [-0.25, -0.2) is 4.79 Å². The number of aliphatic imine (C=N–C) groups is 1. The first kappa shape index (κ1) is 39.3. The van der Waals surface area contributed by atoms with Crippen molar-refractivity contribution in [3.05, 3.63) is 81.5 Å². The molecule has 7 rings (SSSR count). The molecule has 0 radical (unpaired) electrons. The number of nitrogens with two attached hydrogens (primary N) is 2. The van der Waals surface area contributed by atoms with Crippen LogP contribution >= 0.6 is 0 Å². The van der Waals surface area contributed by atoms with Crippen molar-refractivity contribution in [2.24, 2.45) is 27.8 Å². The molecule has 57 heavy (non-hydrogen) atoms. The summed E-state index contributed by atoms with van der Waals surface area (Å²) in [5.41, 5.74) is 9.58. The van der Waals surface area contributed by atoms with Crippen molar-refractivity contribution in [1.82, 2.24) is 5.32 Å². The number of carboxylic acids is 1. The molecule has 17 nitrogen and oxygen atoms in total. The van der Waals surface area contributed by atoms with Crippen LogP contribution in [0.3, 0.4) is 0 Å². The van der Waals surface area contributed by atoms with Crippen molar-refractivity contribution in [1.29, 1.82) is 0 Å². The first-order valence-corrected chi connectivity index (χ1v) is 18.1. The van der Waals surface area contributed by atoms with Gasteiger partial charge in [-0.2, -0.15) is 0 Å². The van der Waals surface area contributed by atoms with E-state index in [0.29, 0.717) is 24.1 Å². The van der Waals surface area contributed by atoms with Crippen LogP contribution in [0.4, 0.5) is 0 Å². The number of aliphatic carboxylic acids is 1. The van der Waals surface area contributed by atoms with Crippen LogP contribution in [0, 0.1) is 11.3 Å². The zero-order chi connectivity index (χ0) is 41.0. The highest BCUT2D eigenvalue weighted by Crippen LogP contribution is 2.58. The first-order valence-electron chi connectivity index (χ1n) is 18.1. The molecule has 12 N–H and O–H groups in total. The van der Waals surface area contributed by atoms with E-state index >= 15 is 0 Å². The lowest BCUT2D eigenvalue weighted by molar-refractivity contribution is -0.303. The molecular weight excluding hydrogens is 744 g/mol. The third-order valence-electron chi connectivity index (χ3n) is 11.3. The Morgan fingerprint density at radius 1 is 1.05 bits per heavy atom. The van der Waals surface area contributed by atoms with E-state index < -0.39 is 82.2 Å². The minimum Gasteiger partial charge on any atom is -0.508 e. The van der Waals surface area contributed by atoms with Crippen LogP contribution in [0.5, 0.6) is 23.0 Å². The van der Waals surface area contributed by atoms with Gasteiger partial charge in [0, 0.05) is 35.6 Å². The van der Waals surface area contributed by atoms with E-state index in [4.69, 9.17) is 25.4 Å². The Balaban J connectivity index is 1.36. The van der Waals surface area contributed by atoms with E-state index in [1.165, 1.54) is 12.1 Å². The Morgan fingerprint density at radius 2 is 1.81 bits per heavy atom. The first-order chi connectivity index (χ1) is 27.1. The third kappa shape index (κ3) is 6.62. The Labute approximate surface area is 324 Å². The number of aldehydes is 1. The number of aliphatic hydroxyl groups excluding tert-OH is 2. The largest absolute Gasteiger partial charge is 0.508 e. The summed E-state index contributed by atoms with van der Waals surface area (Å²) >= 11 is 0. The lowest BCUT2D eigenvalue weighted by Crippen LogP contribution is -2.70. The van der Waals surface area contributed by atoms with Gasteiger partial charge in [0.25, 0.3) is 0 Å². The summed E-state index contributed by atoms with van der Waals surface area (Å²) in [6.45, 7) is -0.501. The van der Waals surface area contributed by atoms with Gasteiger partial charge in [0.1, 0.15) is 46.6 Å². The molecule has 0 spiro atoms. The number of rotatable bonds is 10. The highest BCUT2D eigenvalue weighted by atomic mass is 16.7. The predicted octanol–water partition coefficient (Wildman–Crippen LogP) is 1.33. The summed E-state index contributed by atoms with van der Waals surface area (Å²) in [5.74, 6) is -5.55. The number of carbonyl (C=O) groups is 2. The number of aromatic hydroxyl groups is 3. The standard InChI is InChI=1S/C40H42N4O13/c1-43-15-39(17-45)10-4-7-22-20-6-3-2-5-18(20)11-24(30(22)39)23-12-19(46)8-9-21(23)26-13-25(47)29-27(55-26)14-28(31(48)32(29)49)56-37-35(51)40(54,16-44-38(41)42)34(50)33(57-37)36(52)53/h2-3,5-6,8-9,11-14,17,22,30,33-35,37,43,46,48-51,54H,4,7,10,15-16H2,1H3,(H,52,53)(H4,41,42,44). The van der Waals surface area contributed by atoms with E-state index in [0.717, 1.165) is 48.0 Å². The second kappa shape index (κ2) is 14.8. The minimum atomic E-state index is -2.75. The molecule has 17 heteroatoms.